The van der Waals surface area contributed by atoms with Gasteiger partial charge in [0.1, 0.15) is 11.6 Å². The molecule has 7 heteroatoms. The molecule has 0 bridgehead atoms. The van der Waals surface area contributed by atoms with Gasteiger partial charge in [-0.15, -0.1) is 5.10 Å². The van der Waals surface area contributed by atoms with Crippen LogP contribution < -0.4 is 5.32 Å². The number of aromatic nitrogens is 3. The molecule has 2 aromatic rings. The van der Waals surface area contributed by atoms with Crippen LogP contribution in [0.25, 0.3) is 11.0 Å². The molecule has 21 heavy (non-hydrogen) atoms. The van der Waals surface area contributed by atoms with Gasteiger partial charge >= 0.3 is 0 Å². The summed E-state index contributed by atoms with van der Waals surface area (Å²) < 4.78 is 1.71. The average molecular weight is 287 g/mol. The van der Waals surface area contributed by atoms with E-state index in [4.69, 9.17) is 0 Å². The van der Waals surface area contributed by atoms with E-state index in [1.54, 1.807) is 9.58 Å². The molecule has 0 unspecified atom stereocenters. The molecule has 2 amide bonds. The summed E-state index contributed by atoms with van der Waals surface area (Å²) in [6.45, 7) is 1.09. The van der Waals surface area contributed by atoms with Crippen LogP contribution in [0.4, 0.5) is 0 Å². The Kier molecular flexibility index (Phi) is 3.55. The topological polar surface area (TPSA) is 80.1 Å². The predicted octanol–water partition coefficient (Wildman–Crippen LogP) is 0.205. The van der Waals surface area contributed by atoms with E-state index in [2.05, 4.69) is 15.6 Å². The van der Waals surface area contributed by atoms with Crippen molar-refractivity contribution in [2.75, 3.05) is 6.54 Å². The zero-order valence-electron chi connectivity index (χ0n) is 11.8. The number of fused-ring (bicyclic) bond motifs is 1. The van der Waals surface area contributed by atoms with Gasteiger partial charge in [0.2, 0.25) is 12.3 Å². The van der Waals surface area contributed by atoms with Gasteiger partial charge in [0, 0.05) is 20.1 Å². The molecule has 1 atom stereocenters. The number of nitrogens with one attached hydrogen (secondary N) is 1. The van der Waals surface area contributed by atoms with Crippen LogP contribution in [0, 0.1) is 0 Å². The van der Waals surface area contributed by atoms with Crippen LogP contribution in [-0.4, -0.2) is 44.8 Å². The Hall–Kier alpha value is -2.44. The Balaban J connectivity index is 1.65. The predicted molar refractivity (Wildman–Crippen MR) is 76.1 cm³/mol. The molecule has 1 aliphatic rings. The van der Waals surface area contributed by atoms with Gasteiger partial charge in [-0.25, -0.2) is 4.68 Å². The van der Waals surface area contributed by atoms with E-state index in [0.29, 0.717) is 13.1 Å². The molecule has 1 aromatic carbocycles. The third-order valence-corrected chi connectivity index (χ3v) is 3.87. The van der Waals surface area contributed by atoms with Crippen molar-refractivity contribution in [3.05, 3.63) is 23.8 Å². The summed E-state index contributed by atoms with van der Waals surface area (Å²) in [7, 11) is 1.84. The molecular formula is C14H17N5O2. The Labute approximate surface area is 121 Å². The molecule has 0 aliphatic carbocycles. The van der Waals surface area contributed by atoms with Crippen LogP contribution in [0.2, 0.25) is 0 Å². The van der Waals surface area contributed by atoms with E-state index >= 15 is 0 Å². The fourth-order valence-electron chi connectivity index (χ4n) is 2.70. The third-order valence-electron chi connectivity index (χ3n) is 3.87. The molecule has 1 fully saturated rings. The minimum Gasteiger partial charge on any atom is -0.350 e. The second kappa shape index (κ2) is 5.51. The van der Waals surface area contributed by atoms with Crippen LogP contribution in [-0.2, 0) is 23.2 Å². The third kappa shape index (κ3) is 2.58. The largest absolute Gasteiger partial charge is 0.350 e. The number of benzene rings is 1. The highest BCUT2D eigenvalue weighted by molar-refractivity contribution is 5.84. The second-order valence-corrected chi connectivity index (χ2v) is 5.26. The molecule has 0 radical (unpaired) electrons. The quantitative estimate of drug-likeness (QED) is 0.815. The number of amides is 2. The van der Waals surface area contributed by atoms with Gasteiger partial charge in [-0.3, -0.25) is 9.59 Å². The SMILES string of the molecule is Cn1nnc2cc(CNC(=O)[C@@H]3CCCN3C=O)ccc21. The molecule has 110 valence electrons. The first kappa shape index (κ1) is 13.5. The summed E-state index contributed by atoms with van der Waals surface area (Å²) in [5, 5.41) is 10.9. The summed E-state index contributed by atoms with van der Waals surface area (Å²) in [6, 6.07) is 5.46. The minimum absolute atomic E-state index is 0.0983. The second-order valence-electron chi connectivity index (χ2n) is 5.26. The molecule has 1 N–H and O–H groups in total. The summed E-state index contributed by atoms with van der Waals surface area (Å²) in [6.07, 6.45) is 2.36. The van der Waals surface area contributed by atoms with Crippen molar-refractivity contribution in [1.82, 2.24) is 25.2 Å². The first-order valence-corrected chi connectivity index (χ1v) is 6.96. The van der Waals surface area contributed by atoms with Crippen molar-refractivity contribution in [3.8, 4) is 0 Å². The van der Waals surface area contributed by atoms with E-state index in [9.17, 15) is 9.59 Å². The van der Waals surface area contributed by atoms with Crippen LogP contribution in [0.1, 0.15) is 18.4 Å². The first-order valence-electron chi connectivity index (χ1n) is 6.96. The normalized spacial score (nSPS) is 18.1. The lowest BCUT2D eigenvalue weighted by Gasteiger charge is -2.19. The van der Waals surface area contributed by atoms with Crippen LogP contribution >= 0.6 is 0 Å². The molecule has 1 saturated heterocycles. The zero-order valence-corrected chi connectivity index (χ0v) is 11.8. The Bertz CT molecular complexity index is 681. The minimum atomic E-state index is -0.331. The van der Waals surface area contributed by atoms with E-state index in [0.717, 1.165) is 35.8 Å². The summed E-state index contributed by atoms with van der Waals surface area (Å²) in [5.41, 5.74) is 2.72. The number of aryl methyl sites for hydroxylation is 1. The lowest BCUT2D eigenvalue weighted by atomic mass is 10.1. The first-order chi connectivity index (χ1) is 10.2. The molecule has 7 nitrogen and oxygen atoms in total. The summed E-state index contributed by atoms with van der Waals surface area (Å²) in [4.78, 5) is 24.5. The summed E-state index contributed by atoms with van der Waals surface area (Å²) in [5.74, 6) is -0.0983. The standard InChI is InChI=1S/C14H17N5O2/c1-18-12-5-4-10(7-11(12)16-17-18)8-15-14(21)13-3-2-6-19(13)9-20/h4-5,7,9,13H,2-3,6,8H2,1H3,(H,15,21)/t13-/m0/s1. The van der Waals surface area contributed by atoms with Gasteiger partial charge in [-0.05, 0) is 30.5 Å². The molecule has 2 heterocycles. The van der Waals surface area contributed by atoms with Crippen LogP contribution in [0.3, 0.4) is 0 Å². The number of hydrogen-bond donors (Lipinski definition) is 1. The highest BCUT2D eigenvalue weighted by Crippen LogP contribution is 2.16. The van der Waals surface area contributed by atoms with Crippen molar-refractivity contribution in [2.24, 2.45) is 7.05 Å². The van der Waals surface area contributed by atoms with E-state index in [-0.39, 0.29) is 11.9 Å². The molecule has 3 rings (SSSR count). The van der Waals surface area contributed by atoms with Crippen molar-refractivity contribution >= 4 is 23.4 Å². The Morgan fingerprint density at radius 2 is 2.38 bits per heavy atom. The molecule has 1 aliphatic heterocycles. The maximum atomic E-state index is 12.1. The number of rotatable bonds is 4. The lowest BCUT2D eigenvalue weighted by Crippen LogP contribution is -2.42. The number of nitrogens with zero attached hydrogens (tertiary/aromatic N) is 4. The number of hydrogen-bond acceptors (Lipinski definition) is 4. The maximum absolute atomic E-state index is 12.1. The van der Waals surface area contributed by atoms with Crippen LogP contribution in [0.15, 0.2) is 18.2 Å². The number of carbonyl (C=O) groups is 2. The van der Waals surface area contributed by atoms with Gasteiger partial charge < -0.3 is 10.2 Å². The monoisotopic (exact) mass is 287 g/mol. The van der Waals surface area contributed by atoms with E-state index in [1.165, 1.54) is 0 Å². The van der Waals surface area contributed by atoms with Gasteiger partial charge in [0.25, 0.3) is 0 Å². The van der Waals surface area contributed by atoms with E-state index < -0.39 is 0 Å². The van der Waals surface area contributed by atoms with Gasteiger partial charge in [0.15, 0.2) is 0 Å². The van der Waals surface area contributed by atoms with E-state index in [1.807, 2.05) is 25.2 Å². The molecule has 0 saturated carbocycles. The fourth-order valence-corrected chi connectivity index (χ4v) is 2.70. The van der Waals surface area contributed by atoms with Gasteiger partial charge in [-0.1, -0.05) is 11.3 Å². The highest BCUT2D eigenvalue weighted by atomic mass is 16.2. The average Bonchev–Trinajstić information content (AvgIpc) is 3.11. The smallest absolute Gasteiger partial charge is 0.243 e. The Morgan fingerprint density at radius 3 is 3.19 bits per heavy atom. The lowest BCUT2D eigenvalue weighted by molar-refractivity contribution is -0.131. The van der Waals surface area contributed by atoms with Crippen LogP contribution in [0.5, 0.6) is 0 Å². The Morgan fingerprint density at radius 1 is 1.52 bits per heavy atom. The zero-order chi connectivity index (χ0) is 14.8. The number of likely N-dealkylation sites (tertiary alicyclic amines) is 1. The molecular weight excluding hydrogens is 270 g/mol. The maximum Gasteiger partial charge on any atom is 0.243 e. The summed E-state index contributed by atoms with van der Waals surface area (Å²) >= 11 is 0. The van der Waals surface area contributed by atoms with Crippen molar-refractivity contribution in [1.29, 1.82) is 0 Å². The molecule has 0 spiro atoms. The fraction of sp³-hybridized carbons (Fsp3) is 0.429. The van der Waals surface area contributed by atoms with Gasteiger partial charge in [-0.2, -0.15) is 0 Å². The van der Waals surface area contributed by atoms with Crippen molar-refractivity contribution in [3.63, 3.8) is 0 Å². The van der Waals surface area contributed by atoms with Crippen molar-refractivity contribution < 1.29 is 9.59 Å². The number of carbonyl (C=O) groups excluding carboxylic acids is 2. The van der Waals surface area contributed by atoms with Gasteiger partial charge in [0.05, 0.1) is 5.52 Å². The highest BCUT2D eigenvalue weighted by Gasteiger charge is 2.29. The van der Waals surface area contributed by atoms with Crippen molar-refractivity contribution in [2.45, 2.75) is 25.4 Å². The molecule has 1 aromatic heterocycles.